The molecule has 0 saturated heterocycles. The van der Waals surface area contributed by atoms with Gasteiger partial charge >= 0.3 is 5.69 Å². The minimum absolute atomic E-state index is 0.189. The highest BCUT2D eigenvalue weighted by Gasteiger charge is 2.21. The molecule has 1 amide bonds. The van der Waals surface area contributed by atoms with Crippen LogP contribution in [-0.2, 0) is 11.3 Å². The second-order valence-electron chi connectivity index (χ2n) is 7.13. The Kier molecular flexibility index (Phi) is 5.94. The van der Waals surface area contributed by atoms with Crippen molar-refractivity contribution in [2.24, 2.45) is 0 Å². The Morgan fingerprint density at radius 3 is 2.41 bits per heavy atom. The summed E-state index contributed by atoms with van der Waals surface area (Å²) in [6.07, 6.45) is 0. The average molecular weight is 492 g/mol. The molecule has 10 heteroatoms. The summed E-state index contributed by atoms with van der Waals surface area (Å²) in [5, 5.41) is 3.46. The first-order valence-corrected chi connectivity index (χ1v) is 11.0. The third-order valence-electron chi connectivity index (χ3n) is 5.04. The summed E-state index contributed by atoms with van der Waals surface area (Å²) >= 11 is 13.3. The monoisotopic (exact) mass is 491 g/mol. The number of hydrogen-bond acceptors (Lipinski definition) is 4. The van der Waals surface area contributed by atoms with Crippen molar-refractivity contribution in [3.63, 3.8) is 0 Å². The Hall–Kier alpha value is -2.94. The maximum absolute atomic E-state index is 13.4. The van der Waals surface area contributed by atoms with E-state index in [1.807, 2.05) is 6.92 Å². The van der Waals surface area contributed by atoms with E-state index in [1.165, 1.54) is 58.4 Å². The molecular weight excluding hydrogens is 476 g/mol. The quantitative estimate of drug-likeness (QED) is 0.440. The number of carbonyl (C=O) groups excluding carboxylic acids is 1. The topological polar surface area (TPSA) is 73.1 Å². The van der Waals surface area contributed by atoms with Crippen LogP contribution in [0.15, 0.2) is 52.1 Å². The molecule has 0 unspecified atom stereocenters. The number of nitrogens with zero attached hydrogens (tertiary/aromatic N) is 2. The molecule has 6 nitrogen and oxygen atoms in total. The van der Waals surface area contributed by atoms with Gasteiger partial charge in [-0.15, -0.1) is 11.3 Å². The second-order valence-corrected chi connectivity index (χ2v) is 9.14. The van der Waals surface area contributed by atoms with Crippen LogP contribution >= 0.6 is 34.5 Å². The van der Waals surface area contributed by atoms with Crippen molar-refractivity contribution < 1.29 is 9.18 Å². The van der Waals surface area contributed by atoms with Gasteiger partial charge in [0.25, 0.3) is 5.56 Å². The molecule has 0 aliphatic heterocycles. The first kappa shape index (κ1) is 22.3. The molecule has 4 aromatic rings. The van der Waals surface area contributed by atoms with Gasteiger partial charge in [-0.25, -0.2) is 13.8 Å². The lowest BCUT2D eigenvalue weighted by Crippen LogP contribution is -2.40. The van der Waals surface area contributed by atoms with Gasteiger partial charge in [-0.05, 0) is 61.9 Å². The Morgan fingerprint density at radius 1 is 1.06 bits per heavy atom. The molecule has 0 bridgehead atoms. The number of thiophene rings is 1. The summed E-state index contributed by atoms with van der Waals surface area (Å²) in [6.45, 7) is 3.30. The van der Waals surface area contributed by atoms with Crippen molar-refractivity contribution in [3.8, 4) is 5.69 Å². The number of halogens is 3. The summed E-state index contributed by atoms with van der Waals surface area (Å²) in [5.41, 5.74) is 0.178. The number of fused-ring (bicyclic) bond motifs is 1. The van der Waals surface area contributed by atoms with Crippen molar-refractivity contribution in [2.45, 2.75) is 20.4 Å². The van der Waals surface area contributed by atoms with Crippen LogP contribution in [0.1, 0.15) is 10.4 Å². The van der Waals surface area contributed by atoms with Gasteiger partial charge in [-0.1, -0.05) is 23.2 Å². The number of rotatable bonds is 4. The van der Waals surface area contributed by atoms with Gasteiger partial charge in [-0.2, -0.15) is 0 Å². The van der Waals surface area contributed by atoms with Crippen molar-refractivity contribution in [1.29, 1.82) is 0 Å². The molecule has 4 rings (SSSR count). The largest absolute Gasteiger partial charge is 0.337 e. The highest BCUT2D eigenvalue weighted by Crippen LogP contribution is 2.28. The maximum atomic E-state index is 13.4. The molecule has 0 aliphatic carbocycles. The summed E-state index contributed by atoms with van der Waals surface area (Å²) in [4.78, 5) is 40.6. The first-order valence-electron chi connectivity index (χ1n) is 9.43. The van der Waals surface area contributed by atoms with E-state index in [0.717, 1.165) is 15.0 Å². The van der Waals surface area contributed by atoms with Crippen LogP contribution in [0.25, 0.3) is 15.9 Å². The highest BCUT2D eigenvalue weighted by molar-refractivity contribution is 7.18. The number of amides is 1. The van der Waals surface area contributed by atoms with Crippen LogP contribution in [0, 0.1) is 19.7 Å². The third-order valence-corrected chi connectivity index (χ3v) is 7.01. The lowest BCUT2D eigenvalue weighted by Gasteiger charge is -2.13. The zero-order valence-corrected chi connectivity index (χ0v) is 19.2. The van der Waals surface area contributed by atoms with Gasteiger partial charge in [0.1, 0.15) is 17.2 Å². The SMILES string of the molecule is Cc1sc2c(c1C)c(=O)n(-c1ccc(Cl)c(Cl)c1)c(=O)n2CC(=O)Nc1ccc(F)cc1. The van der Waals surface area contributed by atoms with Crippen LogP contribution in [0.4, 0.5) is 10.1 Å². The van der Waals surface area contributed by atoms with Crippen molar-refractivity contribution >= 4 is 56.3 Å². The van der Waals surface area contributed by atoms with E-state index in [9.17, 15) is 18.8 Å². The number of benzene rings is 2. The molecule has 0 atom stereocenters. The fourth-order valence-corrected chi connectivity index (χ4v) is 4.76. The van der Waals surface area contributed by atoms with Crippen LogP contribution < -0.4 is 16.6 Å². The van der Waals surface area contributed by atoms with E-state index in [2.05, 4.69) is 5.32 Å². The van der Waals surface area contributed by atoms with Gasteiger partial charge in [-0.3, -0.25) is 14.2 Å². The molecular formula is C22H16Cl2FN3O3S. The lowest BCUT2D eigenvalue weighted by molar-refractivity contribution is -0.116. The molecule has 0 fully saturated rings. The number of hydrogen-bond donors (Lipinski definition) is 1. The van der Waals surface area contributed by atoms with Crippen LogP contribution in [0.3, 0.4) is 0 Å². The fraction of sp³-hybridized carbons (Fsp3) is 0.136. The highest BCUT2D eigenvalue weighted by atomic mass is 35.5. The van der Waals surface area contributed by atoms with Gasteiger partial charge in [0, 0.05) is 10.6 Å². The standard InChI is InChI=1S/C22H16Cl2FN3O3S/c1-11-12(2)32-21-19(11)20(30)28(15-7-8-16(23)17(24)9-15)22(31)27(21)10-18(29)26-14-5-3-13(25)4-6-14/h3-9H,10H2,1-2H3,(H,26,29). The van der Waals surface area contributed by atoms with Crippen LogP contribution in [-0.4, -0.2) is 15.0 Å². The maximum Gasteiger partial charge on any atom is 0.337 e. The summed E-state index contributed by atoms with van der Waals surface area (Å²) < 4.78 is 15.4. The lowest BCUT2D eigenvalue weighted by atomic mass is 10.2. The predicted molar refractivity (Wildman–Crippen MR) is 126 cm³/mol. The van der Waals surface area contributed by atoms with E-state index in [-0.39, 0.29) is 22.3 Å². The molecule has 2 heterocycles. The first-order chi connectivity index (χ1) is 15.2. The number of nitrogens with one attached hydrogen (secondary N) is 1. The summed E-state index contributed by atoms with van der Waals surface area (Å²) in [5.74, 6) is -0.929. The normalized spacial score (nSPS) is 11.2. The third kappa shape index (κ3) is 3.97. The van der Waals surface area contributed by atoms with E-state index in [1.54, 1.807) is 6.92 Å². The zero-order chi connectivity index (χ0) is 23.2. The molecule has 164 valence electrons. The molecule has 2 aromatic heterocycles. The summed E-state index contributed by atoms with van der Waals surface area (Å²) in [7, 11) is 0. The average Bonchev–Trinajstić information content (AvgIpc) is 3.04. The van der Waals surface area contributed by atoms with E-state index in [4.69, 9.17) is 23.2 Å². The minimum Gasteiger partial charge on any atom is -0.325 e. The molecule has 0 aliphatic rings. The Bertz CT molecular complexity index is 1490. The van der Waals surface area contributed by atoms with E-state index < -0.39 is 23.0 Å². The van der Waals surface area contributed by atoms with Crippen molar-refractivity contribution in [2.75, 3.05) is 5.32 Å². The van der Waals surface area contributed by atoms with Gasteiger partial charge in [0.15, 0.2) is 0 Å². The van der Waals surface area contributed by atoms with Crippen molar-refractivity contribution in [3.05, 3.63) is 89.6 Å². The minimum atomic E-state index is -0.684. The molecule has 1 N–H and O–H groups in total. The zero-order valence-electron chi connectivity index (χ0n) is 16.9. The van der Waals surface area contributed by atoms with Crippen molar-refractivity contribution in [1.82, 2.24) is 9.13 Å². The number of aryl methyl sites for hydroxylation is 2. The number of anilines is 1. The van der Waals surface area contributed by atoms with Gasteiger partial charge in [0.05, 0.1) is 21.1 Å². The number of aromatic nitrogens is 2. The van der Waals surface area contributed by atoms with E-state index >= 15 is 0 Å². The molecule has 0 radical (unpaired) electrons. The van der Waals surface area contributed by atoms with E-state index in [0.29, 0.717) is 15.9 Å². The smallest absolute Gasteiger partial charge is 0.325 e. The number of carbonyl (C=O) groups is 1. The van der Waals surface area contributed by atoms with Crippen LogP contribution in [0.2, 0.25) is 10.0 Å². The van der Waals surface area contributed by atoms with Gasteiger partial charge in [0.2, 0.25) is 5.91 Å². The molecule has 0 spiro atoms. The predicted octanol–water partition coefficient (Wildman–Crippen LogP) is 4.92. The van der Waals surface area contributed by atoms with Gasteiger partial charge < -0.3 is 5.32 Å². The Balaban J connectivity index is 1.87. The van der Waals surface area contributed by atoms with Crippen LogP contribution in [0.5, 0.6) is 0 Å². The molecule has 32 heavy (non-hydrogen) atoms. The molecule has 0 saturated carbocycles. The fourth-order valence-electron chi connectivity index (χ4n) is 3.33. The Labute approximate surface area is 195 Å². The Morgan fingerprint density at radius 2 is 1.75 bits per heavy atom. The molecule has 2 aromatic carbocycles. The summed E-state index contributed by atoms with van der Waals surface area (Å²) in [6, 6.07) is 9.71. The second kappa shape index (κ2) is 8.54.